The van der Waals surface area contributed by atoms with Crippen LogP contribution in [0.3, 0.4) is 0 Å². The Balaban J connectivity index is 1.63. The number of esters is 1. The second-order valence-electron chi connectivity index (χ2n) is 8.22. The quantitative estimate of drug-likeness (QED) is 0.114. The van der Waals surface area contributed by atoms with Crippen LogP contribution in [-0.4, -0.2) is 11.1 Å². The number of thiocarbonyl (C=S) groups is 1. The van der Waals surface area contributed by atoms with Gasteiger partial charge in [-0.2, -0.15) is 4.99 Å². The predicted octanol–water partition coefficient (Wildman–Crippen LogP) is 7.80. The molecular formula is C24H34FNO2S. The zero-order valence-corrected chi connectivity index (χ0v) is 18.4. The van der Waals surface area contributed by atoms with Crippen molar-refractivity contribution in [2.75, 3.05) is 0 Å². The fourth-order valence-corrected chi connectivity index (χ4v) is 4.24. The van der Waals surface area contributed by atoms with Gasteiger partial charge in [0.2, 0.25) is 0 Å². The maximum absolute atomic E-state index is 13.9. The third-order valence-electron chi connectivity index (χ3n) is 5.95. The second-order valence-corrected chi connectivity index (χ2v) is 8.40. The van der Waals surface area contributed by atoms with E-state index in [0.717, 1.165) is 31.6 Å². The molecule has 2 rings (SSSR count). The lowest BCUT2D eigenvalue weighted by molar-refractivity contribution is -0.140. The van der Waals surface area contributed by atoms with E-state index in [1.165, 1.54) is 69.9 Å². The first kappa shape index (κ1) is 23.7. The summed E-state index contributed by atoms with van der Waals surface area (Å²) in [7, 11) is 0. The molecule has 5 heteroatoms. The molecule has 1 fully saturated rings. The van der Waals surface area contributed by atoms with Crippen molar-refractivity contribution in [1.82, 2.24) is 0 Å². The Bertz CT molecular complexity index is 679. The number of carbonyl (C=O) groups excluding carboxylic acids is 1. The molecule has 29 heavy (non-hydrogen) atoms. The molecule has 1 saturated carbocycles. The third-order valence-corrected chi connectivity index (χ3v) is 6.04. The summed E-state index contributed by atoms with van der Waals surface area (Å²) in [4.78, 5) is 16.0. The predicted molar refractivity (Wildman–Crippen MR) is 119 cm³/mol. The van der Waals surface area contributed by atoms with Crippen LogP contribution in [0.4, 0.5) is 10.1 Å². The van der Waals surface area contributed by atoms with Crippen molar-refractivity contribution in [1.29, 1.82) is 0 Å². The second kappa shape index (κ2) is 13.6. The molecule has 0 saturated heterocycles. The minimum atomic E-state index is -0.568. The number of benzene rings is 1. The number of ether oxygens (including phenoxy) is 1. The van der Waals surface area contributed by atoms with Crippen molar-refractivity contribution in [3.8, 4) is 5.75 Å². The van der Waals surface area contributed by atoms with Crippen LogP contribution < -0.4 is 4.74 Å². The number of hydrogen-bond donors (Lipinski definition) is 0. The largest absolute Gasteiger partial charge is 0.426 e. The number of hydrogen-bond acceptors (Lipinski definition) is 4. The highest BCUT2D eigenvalue weighted by molar-refractivity contribution is 7.78. The Hall–Kier alpha value is -1.58. The smallest absolute Gasteiger partial charge is 0.314 e. The lowest BCUT2D eigenvalue weighted by atomic mass is 9.80. The van der Waals surface area contributed by atoms with Gasteiger partial charge < -0.3 is 4.74 Å². The molecule has 1 aliphatic carbocycles. The number of isothiocyanates is 1. The van der Waals surface area contributed by atoms with Crippen molar-refractivity contribution in [2.24, 2.45) is 16.8 Å². The first-order valence-electron chi connectivity index (χ1n) is 11.2. The number of halogens is 1. The van der Waals surface area contributed by atoms with Gasteiger partial charge in [0, 0.05) is 6.07 Å². The van der Waals surface area contributed by atoms with E-state index in [1.54, 1.807) is 6.07 Å². The summed E-state index contributed by atoms with van der Waals surface area (Å²) in [6.07, 6.45) is 16.0. The zero-order valence-electron chi connectivity index (χ0n) is 17.6. The van der Waals surface area contributed by atoms with Crippen molar-refractivity contribution >= 4 is 29.0 Å². The Morgan fingerprint density at radius 1 is 1.10 bits per heavy atom. The molecule has 0 aromatic heterocycles. The summed E-state index contributed by atoms with van der Waals surface area (Å²) in [5, 5.41) is 2.13. The molecule has 0 radical (unpaired) electrons. The Morgan fingerprint density at radius 3 is 2.38 bits per heavy atom. The van der Waals surface area contributed by atoms with Crippen molar-refractivity contribution < 1.29 is 13.9 Å². The van der Waals surface area contributed by atoms with E-state index in [-0.39, 0.29) is 23.3 Å². The summed E-state index contributed by atoms with van der Waals surface area (Å²) < 4.78 is 19.2. The van der Waals surface area contributed by atoms with E-state index >= 15 is 0 Å². The Morgan fingerprint density at radius 2 is 1.76 bits per heavy atom. The monoisotopic (exact) mass is 419 g/mol. The number of rotatable bonds is 12. The van der Waals surface area contributed by atoms with Gasteiger partial charge in [0.15, 0.2) is 5.82 Å². The molecule has 0 spiro atoms. The first-order chi connectivity index (χ1) is 14.1. The van der Waals surface area contributed by atoms with E-state index in [9.17, 15) is 9.18 Å². The summed E-state index contributed by atoms with van der Waals surface area (Å²) in [6, 6.07) is 4.16. The van der Waals surface area contributed by atoms with Gasteiger partial charge in [-0.25, -0.2) is 4.39 Å². The minimum Gasteiger partial charge on any atom is -0.426 e. The van der Waals surface area contributed by atoms with Gasteiger partial charge in [-0.15, -0.1) is 0 Å². The van der Waals surface area contributed by atoms with Crippen LogP contribution >= 0.6 is 12.2 Å². The van der Waals surface area contributed by atoms with Gasteiger partial charge in [-0.1, -0.05) is 64.7 Å². The van der Waals surface area contributed by atoms with E-state index in [0.29, 0.717) is 0 Å². The zero-order chi connectivity index (χ0) is 20.9. The SMILES string of the molecule is CCCCCCCCCCC1CCC(C(=O)Oc2ccc(N=C=S)c(F)c2)CC1. The molecule has 0 N–H and O–H groups in total. The van der Waals surface area contributed by atoms with Crippen LogP contribution in [0, 0.1) is 17.7 Å². The molecule has 0 atom stereocenters. The van der Waals surface area contributed by atoms with Crippen molar-refractivity contribution in [3.05, 3.63) is 24.0 Å². The molecular weight excluding hydrogens is 385 g/mol. The van der Waals surface area contributed by atoms with Gasteiger partial charge in [0.05, 0.1) is 11.1 Å². The van der Waals surface area contributed by atoms with Crippen LogP contribution in [0.25, 0.3) is 0 Å². The lowest BCUT2D eigenvalue weighted by Crippen LogP contribution is -2.25. The Kier molecular flexibility index (Phi) is 11.1. The first-order valence-corrected chi connectivity index (χ1v) is 11.6. The highest BCUT2D eigenvalue weighted by Gasteiger charge is 2.27. The Labute approximate surface area is 180 Å². The van der Waals surface area contributed by atoms with Gasteiger partial charge in [0.25, 0.3) is 0 Å². The molecule has 1 aromatic rings. The van der Waals surface area contributed by atoms with E-state index in [4.69, 9.17) is 4.74 Å². The number of aliphatic imine (C=N–C) groups is 1. The van der Waals surface area contributed by atoms with Crippen LogP contribution in [0.15, 0.2) is 23.2 Å². The fourth-order valence-electron chi connectivity index (χ4n) is 4.14. The van der Waals surface area contributed by atoms with Crippen molar-refractivity contribution in [3.63, 3.8) is 0 Å². The van der Waals surface area contributed by atoms with Crippen LogP contribution in [0.5, 0.6) is 5.75 Å². The number of carbonyl (C=O) groups is 1. The maximum Gasteiger partial charge on any atom is 0.314 e. The molecule has 1 aliphatic rings. The summed E-state index contributed by atoms with van der Waals surface area (Å²) in [5.41, 5.74) is 0.0984. The minimum absolute atomic E-state index is 0.0773. The van der Waals surface area contributed by atoms with Gasteiger partial charge in [0.1, 0.15) is 11.4 Å². The molecule has 160 valence electrons. The normalized spacial score (nSPS) is 18.8. The summed E-state index contributed by atoms with van der Waals surface area (Å²) >= 11 is 4.48. The molecule has 0 amide bonds. The van der Waals surface area contributed by atoms with E-state index in [1.807, 2.05) is 0 Å². The summed E-state index contributed by atoms with van der Waals surface area (Å²) in [5.74, 6) is 0.0644. The molecule has 0 aliphatic heterocycles. The lowest BCUT2D eigenvalue weighted by Gasteiger charge is -2.27. The molecule has 3 nitrogen and oxygen atoms in total. The van der Waals surface area contributed by atoms with Crippen molar-refractivity contribution in [2.45, 2.75) is 90.4 Å². The van der Waals surface area contributed by atoms with Gasteiger partial charge in [-0.05, 0) is 56.0 Å². The average molecular weight is 420 g/mol. The number of unbranched alkanes of at least 4 members (excludes halogenated alkanes) is 7. The number of nitrogens with zero attached hydrogens (tertiary/aromatic N) is 1. The van der Waals surface area contributed by atoms with E-state index < -0.39 is 5.82 Å². The fraction of sp³-hybridized carbons (Fsp3) is 0.667. The highest BCUT2D eigenvalue weighted by atomic mass is 32.1. The van der Waals surface area contributed by atoms with Crippen LogP contribution in [-0.2, 0) is 4.79 Å². The van der Waals surface area contributed by atoms with Crippen LogP contribution in [0.1, 0.15) is 90.4 Å². The molecule has 0 bridgehead atoms. The van der Waals surface area contributed by atoms with Gasteiger partial charge in [-0.3, -0.25) is 4.79 Å². The topological polar surface area (TPSA) is 38.7 Å². The van der Waals surface area contributed by atoms with Gasteiger partial charge >= 0.3 is 5.97 Å². The average Bonchev–Trinajstić information content (AvgIpc) is 2.72. The molecule has 1 aromatic carbocycles. The molecule has 0 unspecified atom stereocenters. The third kappa shape index (κ3) is 8.76. The van der Waals surface area contributed by atoms with E-state index in [2.05, 4.69) is 29.3 Å². The summed E-state index contributed by atoms with van der Waals surface area (Å²) in [6.45, 7) is 2.25. The molecule has 0 heterocycles. The van der Waals surface area contributed by atoms with Crippen LogP contribution in [0.2, 0.25) is 0 Å². The maximum atomic E-state index is 13.9. The standard InChI is InChI=1S/C24H34FNO2S/c1-2-3-4-5-6-7-8-9-10-19-11-13-20(14-12-19)24(27)28-21-15-16-23(26-18-29)22(25)17-21/h15-17,19-20H,2-14H2,1H3. The highest BCUT2D eigenvalue weighted by Crippen LogP contribution is 2.33.